The van der Waals surface area contributed by atoms with E-state index in [0.717, 1.165) is 25.2 Å². The van der Waals surface area contributed by atoms with Crippen molar-refractivity contribution in [3.8, 4) is 0 Å². The molecule has 0 radical (unpaired) electrons. The lowest BCUT2D eigenvalue weighted by Crippen LogP contribution is -2.48. The Bertz CT molecular complexity index is 556. The van der Waals surface area contributed by atoms with Crippen LogP contribution in [0.5, 0.6) is 0 Å². The van der Waals surface area contributed by atoms with Gasteiger partial charge < -0.3 is 15.4 Å². The highest BCUT2D eigenvalue weighted by molar-refractivity contribution is 5.58. The summed E-state index contributed by atoms with van der Waals surface area (Å²) in [5.41, 5.74) is 8.09. The predicted octanol–water partition coefficient (Wildman–Crippen LogP) is 2.72. The lowest BCUT2D eigenvalue weighted by atomic mass is 9.82. The molecule has 2 N–H and O–H groups in total. The zero-order valence-electron chi connectivity index (χ0n) is 13.3. The van der Waals surface area contributed by atoms with Crippen LogP contribution in [0.15, 0.2) is 18.2 Å². The van der Waals surface area contributed by atoms with E-state index in [0.29, 0.717) is 0 Å². The first-order valence-corrected chi connectivity index (χ1v) is 7.70. The summed E-state index contributed by atoms with van der Waals surface area (Å²) in [7, 11) is 0. The Labute approximate surface area is 126 Å². The third kappa shape index (κ3) is 2.44. The number of ether oxygens (including phenoxy) is 1. The normalized spacial score (nSPS) is 29.7. The first kappa shape index (κ1) is 14.8. The molecule has 0 aliphatic carbocycles. The van der Waals surface area contributed by atoms with Crippen LogP contribution >= 0.6 is 0 Å². The first-order chi connectivity index (χ1) is 9.71. The maximum absolute atomic E-state index is 13.5. The lowest BCUT2D eigenvalue weighted by molar-refractivity contribution is -0.0756. The van der Waals surface area contributed by atoms with Crippen molar-refractivity contribution in [2.24, 2.45) is 11.7 Å². The van der Waals surface area contributed by atoms with Crippen molar-refractivity contribution in [2.75, 3.05) is 18.0 Å². The number of nitrogens with zero attached hydrogens (tertiary/aromatic N) is 1. The van der Waals surface area contributed by atoms with Crippen LogP contribution in [0.1, 0.15) is 33.3 Å². The molecule has 2 atom stereocenters. The van der Waals surface area contributed by atoms with Gasteiger partial charge in [-0.05, 0) is 51.8 Å². The summed E-state index contributed by atoms with van der Waals surface area (Å²) >= 11 is 0. The van der Waals surface area contributed by atoms with E-state index in [4.69, 9.17) is 10.5 Å². The molecule has 2 aliphatic rings. The molecule has 1 saturated heterocycles. The van der Waals surface area contributed by atoms with Gasteiger partial charge in [0.15, 0.2) is 0 Å². The average Bonchev–Trinajstić information content (AvgIpc) is 2.81. The number of benzene rings is 1. The second-order valence-corrected chi connectivity index (χ2v) is 7.41. The van der Waals surface area contributed by atoms with Crippen molar-refractivity contribution in [2.45, 2.75) is 51.4 Å². The van der Waals surface area contributed by atoms with Crippen LogP contribution < -0.4 is 10.6 Å². The van der Waals surface area contributed by atoms with Gasteiger partial charge in [0.1, 0.15) is 5.82 Å². The highest BCUT2D eigenvalue weighted by Crippen LogP contribution is 2.42. The fraction of sp³-hybridized carbons (Fsp3) is 0.647. The monoisotopic (exact) mass is 292 g/mol. The zero-order valence-corrected chi connectivity index (χ0v) is 13.3. The number of halogens is 1. The van der Waals surface area contributed by atoms with E-state index < -0.39 is 0 Å². The molecular weight excluding hydrogens is 267 g/mol. The highest BCUT2D eigenvalue weighted by atomic mass is 19.1. The van der Waals surface area contributed by atoms with E-state index in [2.05, 4.69) is 32.6 Å². The van der Waals surface area contributed by atoms with Crippen LogP contribution in [0.25, 0.3) is 0 Å². The Morgan fingerprint density at radius 1 is 1.29 bits per heavy atom. The Morgan fingerprint density at radius 2 is 2.00 bits per heavy atom. The van der Waals surface area contributed by atoms with Crippen molar-refractivity contribution in [3.05, 3.63) is 29.6 Å². The van der Waals surface area contributed by atoms with Gasteiger partial charge in [0.2, 0.25) is 0 Å². The molecule has 0 amide bonds. The van der Waals surface area contributed by atoms with E-state index >= 15 is 0 Å². The number of nitrogens with two attached hydrogens (primary N) is 1. The van der Waals surface area contributed by atoms with Crippen molar-refractivity contribution in [3.63, 3.8) is 0 Å². The van der Waals surface area contributed by atoms with Crippen LogP contribution in [0.2, 0.25) is 0 Å². The molecule has 1 fully saturated rings. The van der Waals surface area contributed by atoms with Crippen LogP contribution in [0.4, 0.5) is 10.1 Å². The molecule has 0 spiro atoms. The molecule has 1 aromatic rings. The molecule has 2 heterocycles. The van der Waals surface area contributed by atoms with Crippen LogP contribution in [0.3, 0.4) is 0 Å². The number of hydrogen-bond donors (Lipinski definition) is 1. The largest absolute Gasteiger partial charge is 0.370 e. The highest BCUT2D eigenvalue weighted by Gasteiger charge is 2.52. The molecule has 3 rings (SSSR count). The molecule has 0 aromatic heterocycles. The summed E-state index contributed by atoms with van der Waals surface area (Å²) in [5.74, 6) is 0.0499. The first-order valence-electron chi connectivity index (χ1n) is 7.70. The molecule has 0 saturated carbocycles. The molecule has 2 aliphatic heterocycles. The van der Waals surface area contributed by atoms with E-state index in [1.165, 1.54) is 5.56 Å². The molecule has 1 aromatic carbocycles. The number of anilines is 1. The summed E-state index contributed by atoms with van der Waals surface area (Å²) in [6.07, 6.45) is 0.974. The lowest BCUT2D eigenvalue weighted by Gasteiger charge is -2.32. The molecule has 0 bridgehead atoms. The SMILES string of the molecule is CC1(C)OC(C)(C)C(CN2CCc3ccc(F)cc32)C1N. The summed E-state index contributed by atoms with van der Waals surface area (Å²) in [6, 6.07) is 5.05. The zero-order chi connectivity index (χ0) is 15.4. The van der Waals surface area contributed by atoms with Crippen LogP contribution in [0, 0.1) is 11.7 Å². The third-order valence-corrected chi connectivity index (χ3v) is 5.11. The molecule has 116 valence electrons. The standard InChI is InChI=1S/C17H25FN2O/c1-16(2)13(15(19)17(3,4)21-16)10-20-8-7-11-5-6-12(18)9-14(11)20/h5-6,9,13,15H,7-8,10,19H2,1-4H3. The minimum Gasteiger partial charge on any atom is -0.370 e. The topological polar surface area (TPSA) is 38.5 Å². The second-order valence-electron chi connectivity index (χ2n) is 7.41. The quantitative estimate of drug-likeness (QED) is 0.911. The summed E-state index contributed by atoms with van der Waals surface area (Å²) in [6.45, 7) is 10.1. The van der Waals surface area contributed by atoms with Gasteiger partial charge in [-0.3, -0.25) is 0 Å². The average molecular weight is 292 g/mol. The Hall–Kier alpha value is -1.13. The van der Waals surface area contributed by atoms with Gasteiger partial charge >= 0.3 is 0 Å². The van der Waals surface area contributed by atoms with Gasteiger partial charge in [0, 0.05) is 30.7 Å². The Kier molecular flexibility index (Phi) is 3.30. The van der Waals surface area contributed by atoms with Crippen molar-refractivity contribution in [1.82, 2.24) is 0 Å². The predicted molar refractivity (Wildman–Crippen MR) is 83.0 cm³/mol. The van der Waals surface area contributed by atoms with Gasteiger partial charge in [-0.1, -0.05) is 6.07 Å². The molecule has 2 unspecified atom stereocenters. The fourth-order valence-corrected chi connectivity index (χ4v) is 3.92. The Balaban J connectivity index is 1.84. The van der Waals surface area contributed by atoms with Gasteiger partial charge in [0.25, 0.3) is 0 Å². The third-order valence-electron chi connectivity index (χ3n) is 5.11. The summed E-state index contributed by atoms with van der Waals surface area (Å²) < 4.78 is 19.7. The van der Waals surface area contributed by atoms with Crippen LogP contribution in [-0.2, 0) is 11.2 Å². The molecule has 4 heteroatoms. The molecule has 3 nitrogen and oxygen atoms in total. The number of hydrogen-bond acceptors (Lipinski definition) is 3. The fourth-order valence-electron chi connectivity index (χ4n) is 3.92. The van der Waals surface area contributed by atoms with Gasteiger partial charge in [-0.15, -0.1) is 0 Å². The molecular formula is C17H25FN2O. The van der Waals surface area contributed by atoms with Gasteiger partial charge in [-0.2, -0.15) is 0 Å². The van der Waals surface area contributed by atoms with E-state index in [9.17, 15) is 4.39 Å². The number of fused-ring (bicyclic) bond motifs is 1. The van der Waals surface area contributed by atoms with E-state index in [1.807, 2.05) is 6.07 Å². The van der Waals surface area contributed by atoms with E-state index in [-0.39, 0.29) is 29.0 Å². The summed E-state index contributed by atoms with van der Waals surface area (Å²) in [4.78, 5) is 2.26. The van der Waals surface area contributed by atoms with Gasteiger partial charge in [-0.25, -0.2) is 4.39 Å². The minimum absolute atomic E-state index is 0.0230. The smallest absolute Gasteiger partial charge is 0.125 e. The maximum Gasteiger partial charge on any atom is 0.125 e. The molecule has 21 heavy (non-hydrogen) atoms. The van der Waals surface area contributed by atoms with Crippen molar-refractivity contribution >= 4 is 5.69 Å². The van der Waals surface area contributed by atoms with Crippen molar-refractivity contribution < 1.29 is 9.13 Å². The number of rotatable bonds is 2. The second kappa shape index (κ2) is 4.68. The Morgan fingerprint density at radius 3 is 2.62 bits per heavy atom. The maximum atomic E-state index is 13.5. The van der Waals surface area contributed by atoms with Crippen molar-refractivity contribution in [1.29, 1.82) is 0 Å². The van der Waals surface area contributed by atoms with Gasteiger partial charge in [0.05, 0.1) is 11.2 Å². The van der Waals surface area contributed by atoms with Crippen LogP contribution in [-0.4, -0.2) is 30.3 Å². The summed E-state index contributed by atoms with van der Waals surface area (Å²) in [5, 5.41) is 0. The van der Waals surface area contributed by atoms with E-state index in [1.54, 1.807) is 12.1 Å². The minimum atomic E-state index is -0.321.